The minimum atomic E-state index is -0.743. The van der Waals surface area contributed by atoms with Crippen LogP contribution in [0.25, 0.3) is 0 Å². The maximum Gasteiger partial charge on any atom is 0.118 e. The van der Waals surface area contributed by atoms with E-state index in [1.54, 1.807) is 0 Å². The van der Waals surface area contributed by atoms with Crippen molar-refractivity contribution in [3.05, 3.63) is 71.8 Å². The largest absolute Gasteiger partial charge is 0.289 e. The van der Waals surface area contributed by atoms with E-state index in [0.717, 1.165) is 25.9 Å². The van der Waals surface area contributed by atoms with E-state index in [1.807, 2.05) is 12.1 Å². The molecule has 0 heterocycles. The Labute approximate surface area is 151 Å². The molecule has 1 unspecified atom stereocenters. The maximum atomic E-state index is 15.3. The standard InChI is InChI=1S/C23H30FN/c1-19(23(24)22-15-9-4-10-16-22)25(17-20-11-5-2-6-12-20)18-21-13-7-3-8-14-21/h2-3,5-8,11-14,19,22-23H,4,9-10,15-18H2,1H3/t19-,23?/m0/s1. The normalized spacial score (nSPS) is 18.2. The first-order chi connectivity index (χ1) is 12.2. The molecule has 0 bridgehead atoms. The van der Waals surface area contributed by atoms with Crippen molar-refractivity contribution < 1.29 is 4.39 Å². The predicted molar refractivity (Wildman–Crippen MR) is 103 cm³/mol. The quantitative estimate of drug-likeness (QED) is 0.598. The van der Waals surface area contributed by atoms with Crippen molar-refractivity contribution in [1.29, 1.82) is 0 Å². The monoisotopic (exact) mass is 339 g/mol. The lowest BCUT2D eigenvalue weighted by molar-refractivity contribution is 0.0582. The molecule has 0 aliphatic heterocycles. The van der Waals surface area contributed by atoms with Gasteiger partial charge in [-0.2, -0.15) is 0 Å². The Morgan fingerprint density at radius 3 is 1.80 bits per heavy atom. The third-order valence-corrected chi connectivity index (χ3v) is 5.59. The van der Waals surface area contributed by atoms with Gasteiger partial charge in [0.25, 0.3) is 0 Å². The van der Waals surface area contributed by atoms with Crippen molar-refractivity contribution >= 4 is 0 Å². The Morgan fingerprint density at radius 2 is 1.32 bits per heavy atom. The van der Waals surface area contributed by atoms with E-state index in [4.69, 9.17) is 0 Å². The van der Waals surface area contributed by atoms with Gasteiger partial charge in [0.15, 0.2) is 0 Å². The number of halogens is 1. The van der Waals surface area contributed by atoms with Crippen LogP contribution in [0.3, 0.4) is 0 Å². The molecule has 0 radical (unpaired) electrons. The van der Waals surface area contributed by atoms with Crippen LogP contribution in [-0.2, 0) is 13.1 Å². The molecule has 0 amide bonds. The van der Waals surface area contributed by atoms with Crippen LogP contribution >= 0.6 is 0 Å². The zero-order chi connectivity index (χ0) is 17.5. The first-order valence-corrected chi connectivity index (χ1v) is 9.70. The summed E-state index contributed by atoms with van der Waals surface area (Å²) in [5.41, 5.74) is 2.50. The van der Waals surface area contributed by atoms with Crippen LogP contribution in [0.2, 0.25) is 0 Å². The van der Waals surface area contributed by atoms with E-state index in [2.05, 4.69) is 60.4 Å². The van der Waals surface area contributed by atoms with Crippen LogP contribution in [0.1, 0.15) is 50.2 Å². The van der Waals surface area contributed by atoms with Gasteiger partial charge in [0.2, 0.25) is 0 Å². The molecular formula is C23H30FN. The van der Waals surface area contributed by atoms with Crippen LogP contribution in [0.5, 0.6) is 0 Å². The lowest BCUT2D eigenvalue weighted by atomic mass is 9.83. The molecule has 1 aliphatic rings. The fourth-order valence-electron chi connectivity index (χ4n) is 4.03. The molecule has 2 aromatic rings. The Bertz CT molecular complexity index is 565. The molecule has 0 saturated heterocycles. The van der Waals surface area contributed by atoms with Gasteiger partial charge in [-0.3, -0.25) is 4.90 Å². The van der Waals surface area contributed by atoms with Crippen molar-refractivity contribution in [2.24, 2.45) is 5.92 Å². The average Bonchev–Trinajstić information content (AvgIpc) is 2.68. The van der Waals surface area contributed by atoms with Gasteiger partial charge in [-0.15, -0.1) is 0 Å². The summed E-state index contributed by atoms with van der Waals surface area (Å²) in [6.07, 6.45) is 5.01. The van der Waals surface area contributed by atoms with Crippen LogP contribution < -0.4 is 0 Å². The van der Waals surface area contributed by atoms with E-state index in [1.165, 1.54) is 30.4 Å². The average molecular weight is 339 g/mol. The zero-order valence-electron chi connectivity index (χ0n) is 15.3. The molecule has 1 aliphatic carbocycles. The van der Waals surface area contributed by atoms with Crippen molar-refractivity contribution in [3.63, 3.8) is 0 Å². The van der Waals surface area contributed by atoms with Crippen molar-refractivity contribution in [3.8, 4) is 0 Å². The summed E-state index contributed by atoms with van der Waals surface area (Å²) < 4.78 is 15.3. The second kappa shape index (κ2) is 9.15. The first kappa shape index (κ1) is 18.1. The number of benzene rings is 2. The number of nitrogens with zero attached hydrogens (tertiary/aromatic N) is 1. The van der Waals surface area contributed by atoms with E-state index in [9.17, 15) is 0 Å². The molecule has 134 valence electrons. The molecule has 0 N–H and O–H groups in total. The van der Waals surface area contributed by atoms with Gasteiger partial charge < -0.3 is 0 Å². The topological polar surface area (TPSA) is 3.24 Å². The first-order valence-electron chi connectivity index (χ1n) is 9.70. The van der Waals surface area contributed by atoms with Gasteiger partial charge in [0.1, 0.15) is 6.17 Å². The molecular weight excluding hydrogens is 309 g/mol. The number of alkyl halides is 1. The van der Waals surface area contributed by atoms with E-state index >= 15 is 4.39 Å². The van der Waals surface area contributed by atoms with Crippen LogP contribution in [0, 0.1) is 5.92 Å². The SMILES string of the molecule is C[C@@H](C(F)C1CCCCC1)N(Cc1ccccc1)Cc1ccccc1. The fraction of sp³-hybridized carbons (Fsp3) is 0.478. The van der Waals surface area contributed by atoms with Crippen molar-refractivity contribution in [1.82, 2.24) is 4.90 Å². The summed E-state index contributed by atoms with van der Waals surface area (Å²) in [5, 5.41) is 0. The molecule has 0 aromatic heterocycles. The molecule has 3 rings (SSSR count). The summed E-state index contributed by atoms with van der Waals surface area (Å²) in [6, 6.07) is 20.8. The predicted octanol–water partition coefficient (Wildman–Crippen LogP) is 6.00. The molecule has 1 fully saturated rings. The van der Waals surface area contributed by atoms with Gasteiger partial charge >= 0.3 is 0 Å². The smallest absolute Gasteiger partial charge is 0.118 e. The van der Waals surface area contributed by atoms with E-state index in [-0.39, 0.29) is 12.0 Å². The number of hydrogen-bond acceptors (Lipinski definition) is 1. The lowest BCUT2D eigenvalue weighted by Crippen LogP contribution is -2.42. The molecule has 0 spiro atoms. The highest BCUT2D eigenvalue weighted by molar-refractivity contribution is 5.17. The molecule has 1 nitrogen and oxygen atoms in total. The van der Waals surface area contributed by atoms with Crippen molar-refractivity contribution in [2.75, 3.05) is 0 Å². The molecule has 2 aromatic carbocycles. The van der Waals surface area contributed by atoms with E-state index < -0.39 is 6.17 Å². The zero-order valence-corrected chi connectivity index (χ0v) is 15.3. The Kier molecular flexibility index (Phi) is 6.63. The Hall–Kier alpha value is -1.67. The van der Waals surface area contributed by atoms with Gasteiger partial charge in [-0.1, -0.05) is 79.9 Å². The van der Waals surface area contributed by atoms with Crippen LogP contribution in [-0.4, -0.2) is 17.1 Å². The van der Waals surface area contributed by atoms with Crippen LogP contribution in [0.4, 0.5) is 4.39 Å². The van der Waals surface area contributed by atoms with Crippen molar-refractivity contribution in [2.45, 2.75) is 64.3 Å². The van der Waals surface area contributed by atoms with E-state index in [0.29, 0.717) is 0 Å². The highest BCUT2D eigenvalue weighted by Gasteiger charge is 2.31. The summed E-state index contributed by atoms with van der Waals surface area (Å²) in [6.45, 7) is 3.67. The van der Waals surface area contributed by atoms with Gasteiger partial charge in [-0.25, -0.2) is 4.39 Å². The highest BCUT2D eigenvalue weighted by atomic mass is 19.1. The maximum absolute atomic E-state index is 15.3. The Balaban J connectivity index is 1.74. The minimum Gasteiger partial charge on any atom is -0.289 e. The second-order valence-electron chi connectivity index (χ2n) is 7.46. The minimum absolute atomic E-state index is 0.0662. The Morgan fingerprint density at radius 1 is 0.840 bits per heavy atom. The van der Waals surface area contributed by atoms with Gasteiger partial charge in [-0.05, 0) is 36.8 Å². The lowest BCUT2D eigenvalue weighted by Gasteiger charge is -2.36. The summed E-state index contributed by atoms with van der Waals surface area (Å²) in [4.78, 5) is 2.31. The third-order valence-electron chi connectivity index (χ3n) is 5.59. The molecule has 2 heteroatoms. The molecule has 25 heavy (non-hydrogen) atoms. The summed E-state index contributed by atoms with van der Waals surface area (Å²) in [5.74, 6) is 0.234. The molecule has 2 atom stereocenters. The summed E-state index contributed by atoms with van der Waals surface area (Å²) >= 11 is 0. The second-order valence-corrected chi connectivity index (χ2v) is 7.46. The third kappa shape index (κ3) is 5.15. The summed E-state index contributed by atoms with van der Waals surface area (Å²) in [7, 11) is 0. The van der Waals surface area contributed by atoms with Gasteiger partial charge in [0, 0.05) is 19.1 Å². The highest BCUT2D eigenvalue weighted by Crippen LogP contribution is 2.31. The fourth-order valence-corrected chi connectivity index (χ4v) is 4.03. The molecule has 1 saturated carbocycles. The van der Waals surface area contributed by atoms with Crippen LogP contribution in [0.15, 0.2) is 60.7 Å². The number of rotatable bonds is 7. The van der Waals surface area contributed by atoms with Gasteiger partial charge in [0.05, 0.1) is 0 Å². The number of hydrogen-bond donors (Lipinski definition) is 0.